The number of hydrogen-bond acceptors (Lipinski definition) is 4. The highest BCUT2D eigenvalue weighted by Gasteiger charge is 2.19. The number of hydrogen-bond donors (Lipinski definition) is 2. The number of alkyl carbamates (subject to hydrolysis) is 1. The normalized spacial score (nSPS) is 12.6. The predicted octanol–water partition coefficient (Wildman–Crippen LogP) is 0.285. The van der Waals surface area contributed by atoms with Crippen molar-refractivity contribution in [2.75, 3.05) is 0 Å². The van der Waals surface area contributed by atoms with Gasteiger partial charge in [0.2, 0.25) is 0 Å². The maximum atomic E-state index is 11.6. The predicted molar refractivity (Wildman–Crippen MR) is 79.2 cm³/mol. The Labute approximate surface area is 119 Å². The summed E-state index contributed by atoms with van der Waals surface area (Å²) in [5.74, 6) is 0.205. The van der Waals surface area contributed by atoms with Gasteiger partial charge in [-0.15, -0.1) is 0 Å². The molecular weight excluding hydrogens is 257 g/mol. The molecule has 1 amide bonds. The van der Waals surface area contributed by atoms with E-state index in [1.54, 1.807) is 46.8 Å². The molecule has 2 N–H and O–H groups in total. The van der Waals surface area contributed by atoms with E-state index in [1.807, 2.05) is 0 Å². The molecule has 20 heavy (non-hydrogen) atoms. The summed E-state index contributed by atoms with van der Waals surface area (Å²) >= 11 is 0. The molecule has 0 fully saturated rings. The van der Waals surface area contributed by atoms with Crippen LogP contribution in [0.4, 0.5) is 4.79 Å². The third-order valence-electron chi connectivity index (χ3n) is 2.58. The smallest absolute Gasteiger partial charge is 0.408 e. The van der Waals surface area contributed by atoms with Gasteiger partial charge in [-0.25, -0.2) is 4.79 Å². The monoisotopic (exact) mass is 277 g/mol. The Kier molecular flexibility index (Phi) is 5.19. The van der Waals surface area contributed by atoms with Gasteiger partial charge in [-0.1, -0.05) is 12.1 Å². The number of phenolic OH excluding ortho intramolecular Hbond substituents is 1. The topological polar surface area (TPSA) is 75.6 Å². The highest BCUT2D eigenvalue weighted by Crippen LogP contribution is 2.10. The number of aromatic hydroxyl groups is 1. The fraction of sp³-hybridized carbons (Fsp3) is 0.429. The van der Waals surface area contributed by atoms with Gasteiger partial charge >= 0.3 is 6.09 Å². The molecule has 0 saturated carbocycles. The second-order valence-corrected chi connectivity index (χ2v) is 5.71. The second-order valence-electron chi connectivity index (χ2n) is 5.71. The van der Waals surface area contributed by atoms with E-state index >= 15 is 0 Å². The van der Waals surface area contributed by atoms with Gasteiger partial charge < -0.3 is 20.0 Å². The van der Waals surface area contributed by atoms with Crippen LogP contribution in [-0.4, -0.2) is 37.0 Å². The lowest BCUT2D eigenvalue weighted by molar-refractivity contribution is -0.109. The highest BCUT2D eigenvalue weighted by atomic mass is 16.6. The molecule has 0 aromatic heterocycles. The number of aldehydes is 1. The first kappa shape index (κ1) is 16.1. The standard InChI is InChI=1S/C14H20BNO4/c1-14(2,3)20-13(19)16-10(8-17)6-9-4-5-12(18)11(15)7-9/h4-5,7-8,10,18H,6,15H2,1-3H3,(H,16,19)/t10-/m0/s1. The first-order chi connectivity index (χ1) is 9.21. The van der Waals surface area contributed by atoms with Crippen LogP contribution < -0.4 is 10.8 Å². The minimum Gasteiger partial charge on any atom is -0.509 e. The van der Waals surface area contributed by atoms with Crippen LogP contribution in [0.1, 0.15) is 26.3 Å². The van der Waals surface area contributed by atoms with Crippen molar-refractivity contribution in [2.24, 2.45) is 0 Å². The maximum Gasteiger partial charge on any atom is 0.408 e. The van der Waals surface area contributed by atoms with Gasteiger partial charge in [0.1, 0.15) is 25.5 Å². The van der Waals surface area contributed by atoms with Crippen LogP contribution in [0.3, 0.4) is 0 Å². The molecule has 6 heteroatoms. The minimum atomic E-state index is -0.659. The van der Waals surface area contributed by atoms with Crippen LogP contribution in [0, 0.1) is 0 Å². The lowest BCUT2D eigenvalue weighted by Gasteiger charge is -2.21. The SMILES string of the molecule is Bc1cc(C[C@@H](C=O)NC(=O)OC(C)(C)C)ccc1O. The molecule has 0 unspecified atom stereocenters. The van der Waals surface area contributed by atoms with Gasteiger partial charge in [-0.05, 0) is 44.3 Å². The van der Waals surface area contributed by atoms with Crippen molar-refractivity contribution in [3.8, 4) is 5.75 Å². The number of amides is 1. The fourth-order valence-corrected chi connectivity index (χ4v) is 1.69. The quantitative estimate of drug-likeness (QED) is 0.612. The molecule has 0 radical (unpaired) electrons. The summed E-state index contributed by atoms with van der Waals surface area (Å²) in [6.07, 6.45) is 0.404. The van der Waals surface area contributed by atoms with Crippen molar-refractivity contribution in [1.82, 2.24) is 5.32 Å². The number of carbonyl (C=O) groups is 2. The van der Waals surface area contributed by atoms with E-state index in [1.165, 1.54) is 0 Å². The van der Waals surface area contributed by atoms with Crippen molar-refractivity contribution in [3.63, 3.8) is 0 Å². The lowest BCUT2D eigenvalue weighted by atomic mass is 9.91. The number of benzene rings is 1. The van der Waals surface area contributed by atoms with Crippen LogP contribution in [0.2, 0.25) is 0 Å². The molecule has 1 aromatic rings. The first-order valence-electron chi connectivity index (χ1n) is 6.44. The fourth-order valence-electron chi connectivity index (χ4n) is 1.69. The lowest BCUT2D eigenvalue weighted by Crippen LogP contribution is -2.41. The van der Waals surface area contributed by atoms with Crippen molar-refractivity contribution >= 4 is 25.7 Å². The van der Waals surface area contributed by atoms with Crippen LogP contribution >= 0.6 is 0 Å². The second kappa shape index (κ2) is 6.46. The van der Waals surface area contributed by atoms with Crippen molar-refractivity contribution < 1.29 is 19.4 Å². The van der Waals surface area contributed by atoms with E-state index in [9.17, 15) is 14.7 Å². The molecule has 5 nitrogen and oxygen atoms in total. The Hall–Kier alpha value is -1.98. The van der Waals surface area contributed by atoms with E-state index in [-0.39, 0.29) is 5.75 Å². The zero-order valence-electron chi connectivity index (χ0n) is 12.3. The van der Waals surface area contributed by atoms with E-state index in [0.29, 0.717) is 12.7 Å². The average molecular weight is 277 g/mol. The van der Waals surface area contributed by atoms with E-state index < -0.39 is 17.7 Å². The Morgan fingerprint density at radius 3 is 2.65 bits per heavy atom. The Bertz CT molecular complexity index is 496. The van der Waals surface area contributed by atoms with Crippen molar-refractivity contribution in [1.29, 1.82) is 0 Å². The van der Waals surface area contributed by atoms with E-state index in [2.05, 4.69) is 5.32 Å². The van der Waals surface area contributed by atoms with Gasteiger partial charge in [0, 0.05) is 0 Å². The summed E-state index contributed by atoms with van der Waals surface area (Å²) in [6, 6.07) is 4.41. The molecular formula is C14H20BNO4. The van der Waals surface area contributed by atoms with Crippen molar-refractivity contribution in [2.45, 2.75) is 38.8 Å². The van der Waals surface area contributed by atoms with Crippen LogP contribution in [0.15, 0.2) is 18.2 Å². The third-order valence-corrected chi connectivity index (χ3v) is 2.58. The van der Waals surface area contributed by atoms with Gasteiger partial charge in [-0.2, -0.15) is 0 Å². The molecule has 0 spiro atoms. The van der Waals surface area contributed by atoms with Gasteiger partial charge in [-0.3, -0.25) is 0 Å². The summed E-state index contributed by atoms with van der Waals surface area (Å²) in [7, 11) is 1.77. The average Bonchev–Trinajstić information content (AvgIpc) is 2.30. The number of phenols is 1. The molecule has 1 rings (SSSR count). The van der Waals surface area contributed by atoms with E-state index in [0.717, 1.165) is 11.0 Å². The van der Waals surface area contributed by atoms with Crippen molar-refractivity contribution in [3.05, 3.63) is 23.8 Å². The maximum absolute atomic E-state index is 11.6. The third kappa shape index (κ3) is 5.34. The summed E-state index contributed by atoms with van der Waals surface area (Å²) in [4.78, 5) is 22.6. The first-order valence-corrected chi connectivity index (χ1v) is 6.44. The zero-order valence-corrected chi connectivity index (χ0v) is 12.3. The Balaban J connectivity index is 2.65. The molecule has 0 saturated heterocycles. The Morgan fingerprint density at radius 1 is 1.50 bits per heavy atom. The zero-order chi connectivity index (χ0) is 15.3. The molecule has 0 aliphatic carbocycles. The number of nitrogens with one attached hydrogen (secondary N) is 1. The minimum absolute atomic E-state index is 0.205. The van der Waals surface area contributed by atoms with Gasteiger partial charge in [0.15, 0.2) is 0 Å². The summed E-state index contributed by atoms with van der Waals surface area (Å²) < 4.78 is 5.10. The molecule has 0 heterocycles. The summed E-state index contributed by atoms with van der Waals surface area (Å²) in [5.41, 5.74) is 0.977. The molecule has 108 valence electrons. The number of rotatable bonds is 4. The molecule has 0 aliphatic heterocycles. The van der Waals surface area contributed by atoms with Gasteiger partial charge in [0.25, 0.3) is 0 Å². The van der Waals surface area contributed by atoms with Crippen LogP contribution in [0.25, 0.3) is 0 Å². The van der Waals surface area contributed by atoms with Crippen LogP contribution in [0.5, 0.6) is 5.75 Å². The summed E-state index contributed by atoms with van der Waals surface area (Å²) in [5, 5.41) is 12.0. The van der Waals surface area contributed by atoms with Gasteiger partial charge in [0.05, 0.1) is 6.04 Å². The molecule has 1 atom stereocenters. The molecule has 0 bridgehead atoms. The van der Waals surface area contributed by atoms with E-state index in [4.69, 9.17) is 4.74 Å². The molecule has 0 aliphatic rings. The highest BCUT2D eigenvalue weighted by molar-refractivity contribution is 6.34. The summed E-state index contributed by atoms with van der Waals surface area (Å²) in [6.45, 7) is 5.27. The molecule has 1 aromatic carbocycles. The number of carbonyl (C=O) groups excluding carboxylic acids is 2. The Morgan fingerprint density at radius 2 is 2.15 bits per heavy atom. The largest absolute Gasteiger partial charge is 0.509 e. The van der Waals surface area contributed by atoms with Crippen LogP contribution in [-0.2, 0) is 16.0 Å². The number of ether oxygens (including phenoxy) is 1.